The van der Waals surface area contributed by atoms with Crippen LogP contribution >= 0.6 is 0 Å². The highest BCUT2D eigenvalue weighted by Gasteiger charge is 2.36. The van der Waals surface area contributed by atoms with Gasteiger partial charge in [0.15, 0.2) is 0 Å². The number of carbonyl (C=O) groups is 3. The fourth-order valence-corrected chi connectivity index (χ4v) is 4.27. The molecule has 1 rings (SSSR count). The maximum atomic E-state index is 13.8. The molecule has 8 nitrogen and oxygen atoms in total. The van der Waals surface area contributed by atoms with Gasteiger partial charge in [0.25, 0.3) is 0 Å². The number of aryl methyl sites for hydroxylation is 2. The number of nitrogens with one attached hydrogen (secondary N) is 2. The van der Waals surface area contributed by atoms with E-state index < -0.39 is 36.3 Å². The first-order valence-electron chi connectivity index (χ1n) is 13.6. The van der Waals surface area contributed by atoms with Gasteiger partial charge >= 0.3 is 6.09 Å². The summed E-state index contributed by atoms with van der Waals surface area (Å²) in [4.78, 5) is 41.3. The minimum atomic E-state index is -1.24. The maximum absolute atomic E-state index is 13.8. The summed E-state index contributed by atoms with van der Waals surface area (Å²) in [5.41, 5.74) is 1.90. The number of nitrogens with zero attached hydrogens (tertiary/aromatic N) is 1. The molecular weight excluding hydrogens is 470 g/mol. The highest BCUT2D eigenvalue weighted by Crippen LogP contribution is 2.26. The molecule has 0 aromatic heterocycles. The molecule has 3 amide bonds. The Bertz CT molecular complexity index is 859. The third-order valence-electron chi connectivity index (χ3n) is 5.76. The van der Waals surface area contributed by atoms with Gasteiger partial charge in [-0.3, -0.25) is 9.59 Å². The number of benzene rings is 1. The number of hydrogen-bond acceptors (Lipinski definition) is 5. The predicted molar refractivity (Wildman–Crippen MR) is 147 cm³/mol. The molecule has 37 heavy (non-hydrogen) atoms. The lowest BCUT2D eigenvalue weighted by Gasteiger charge is -2.35. The second-order valence-corrected chi connectivity index (χ2v) is 11.2. The highest BCUT2D eigenvalue weighted by atomic mass is 16.6. The third-order valence-corrected chi connectivity index (χ3v) is 5.76. The number of amides is 3. The quantitative estimate of drug-likeness (QED) is 0.302. The van der Waals surface area contributed by atoms with E-state index >= 15 is 0 Å². The topological polar surface area (TPSA) is 108 Å². The average Bonchev–Trinajstić information content (AvgIpc) is 2.76. The van der Waals surface area contributed by atoms with Gasteiger partial charge in [-0.25, -0.2) is 4.79 Å². The molecule has 2 unspecified atom stereocenters. The molecule has 0 radical (unpaired) electrons. The zero-order valence-corrected chi connectivity index (χ0v) is 24.1. The first-order valence-corrected chi connectivity index (χ1v) is 13.6. The Labute approximate surface area is 223 Å². The lowest BCUT2D eigenvalue weighted by atomic mass is 9.98. The van der Waals surface area contributed by atoms with Crippen LogP contribution in [0.2, 0.25) is 0 Å². The van der Waals surface area contributed by atoms with E-state index in [1.807, 2.05) is 45.9 Å². The zero-order valence-electron chi connectivity index (χ0n) is 24.1. The number of alkyl carbamates (subject to hydrolysis) is 1. The summed E-state index contributed by atoms with van der Waals surface area (Å²) in [6, 6.07) is 3.57. The Balaban J connectivity index is 3.38. The van der Waals surface area contributed by atoms with Gasteiger partial charge in [0.1, 0.15) is 17.7 Å². The number of ether oxygens (including phenoxy) is 1. The standard InChI is InChI=1S/C29H49N3O5/c1-9-10-11-12-13-14-15-32(27(35)24(19-33)31-28(36)37-29(6,7)8)25(26(34)30-20(2)3)23-17-21(4)16-22(5)18-23/h16-18,20,24-25,33H,9-15,19H2,1-8H3,(H,30,34)(H,31,36). The van der Waals surface area contributed by atoms with Crippen LogP contribution in [0.3, 0.4) is 0 Å². The average molecular weight is 520 g/mol. The first kappa shape index (κ1) is 32.4. The van der Waals surface area contributed by atoms with Crippen molar-refractivity contribution in [3.8, 4) is 0 Å². The molecule has 210 valence electrons. The zero-order chi connectivity index (χ0) is 28.2. The van der Waals surface area contributed by atoms with Crippen molar-refractivity contribution in [3.05, 3.63) is 34.9 Å². The minimum absolute atomic E-state index is 0.125. The molecule has 0 saturated carbocycles. The van der Waals surface area contributed by atoms with Crippen LogP contribution in [-0.2, 0) is 14.3 Å². The van der Waals surface area contributed by atoms with Gasteiger partial charge in [-0.15, -0.1) is 0 Å². The Kier molecular flexibility index (Phi) is 13.7. The van der Waals surface area contributed by atoms with Crippen LogP contribution in [-0.4, -0.2) is 58.8 Å². The van der Waals surface area contributed by atoms with Crippen LogP contribution in [0.25, 0.3) is 0 Å². The van der Waals surface area contributed by atoms with Crippen molar-refractivity contribution < 1.29 is 24.2 Å². The maximum Gasteiger partial charge on any atom is 0.408 e. The van der Waals surface area contributed by atoms with Gasteiger partial charge < -0.3 is 25.4 Å². The summed E-state index contributed by atoms with van der Waals surface area (Å²) in [5, 5.41) is 15.5. The van der Waals surface area contributed by atoms with Crippen molar-refractivity contribution in [1.82, 2.24) is 15.5 Å². The summed E-state index contributed by atoms with van der Waals surface area (Å²) in [6.45, 7) is 14.7. The monoisotopic (exact) mass is 519 g/mol. The van der Waals surface area contributed by atoms with Crippen molar-refractivity contribution in [2.75, 3.05) is 13.2 Å². The van der Waals surface area contributed by atoms with Crippen LogP contribution in [0, 0.1) is 13.8 Å². The van der Waals surface area contributed by atoms with E-state index in [9.17, 15) is 19.5 Å². The molecule has 0 saturated heterocycles. The van der Waals surface area contributed by atoms with Crippen LogP contribution < -0.4 is 10.6 Å². The molecule has 8 heteroatoms. The SMILES string of the molecule is CCCCCCCCN(C(=O)C(CO)NC(=O)OC(C)(C)C)C(C(=O)NC(C)C)c1cc(C)cc(C)c1. The molecule has 0 aliphatic carbocycles. The molecule has 0 spiro atoms. The predicted octanol–water partition coefficient (Wildman–Crippen LogP) is 4.94. The Morgan fingerprint density at radius 2 is 1.51 bits per heavy atom. The fraction of sp³-hybridized carbons (Fsp3) is 0.690. The Morgan fingerprint density at radius 1 is 0.946 bits per heavy atom. The van der Waals surface area contributed by atoms with E-state index in [1.54, 1.807) is 20.8 Å². The Morgan fingerprint density at radius 3 is 2.03 bits per heavy atom. The summed E-state index contributed by atoms with van der Waals surface area (Å²) in [6.07, 6.45) is 5.30. The summed E-state index contributed by atoms with van der Waals surface area (Å²) >= 11 is 0. The number of carbonyl (C=O) groups excluding carboxylic acids is 3. The normalized spacial score (nSPS) is 13.1. The molecule has 2 atom stereocenters. The van der Waals surface area contributed by atoms with Crippen LogP contribution in [0.1, 0.15) is 103 Å². The van der Waals surface area contributed by atoms with Crippen LogP contribution in [0.5, 0.6) is 0 Å². The summed E-state index contributed by atoms with van der Waals surface area (Å²) in [5.74, 6) is -0.821. The number of aliphatic hydroxyl groups excluding tert-OH is 1. The van der Waals surface area contributed by atoms with Gasteiger partial charge in [0, 0.05) is 12.6 Å². The van der Waals surface area contributed by atoms with Gasteiger partial charge in [0.2, 0.25) is 11.8 Å². The van der Waals surface area contributed by atoms with Crippen molar-refractivity contribution in [2.45, 2.75) is 118 Å². The molecule has 1 aromatic rings. The van der Waals surface area contributed by atoms with Crippen molar-refractivity contribution in [1.29, 1.82) is 0 Å². The van der Waals surface area contributed by atoms with Gasteiger partial charge in [-0.05, 0) is 60.5 Å². The molecule has 0 aliphatic heterocycles. The first-order chi connectivity index (χ1) is 17.3. The van der Waals surface area contributed by atoms with E-state index in [1.165, 1.54) is 4.90 Å². The van der Waals surface area contributed by atoms with Crippen molar-refractivity contribution in [2.24, 2.45) is 0 Å². The summed E-state index contributed by atoms with van der Waals surface area (Å²) in [7, 11) is 0. The highest BCUT2D eigenvalue weighted by molar-refractivity contribution is 5.92. The molecule has 0 aliphatic rings. The number of rotatable bonds is 14. The van der Waals surface area contributed by atoms with Crippen molar-refractivity contribution >= 4 is 17.9 Å². The lowest BCUT2D eigenvalue weighted by Crippen LogP contribution is -2.55. The lowest BCUT2D eigenvalue weighted by molar-refractivity contribution is -0.143. The molecule has 3 N–H and O–H groups in total. The Hall–Kier alpha value is -2.61. The van der Waals surface area contributed by atoms with E-state index in [0.717, 1.165) is 43.2 Å². The van der Waals surface area contributed by atoms with Crippen molar-refractivity contribution in [3.63, 3.8) is 0 Å². The van der Waals surface area contributed by atoms with Crippen LogP contribution in [0.15, 0.2) is 18.2 Å². The van der Waals surface area contributed by atoms with E-state index in [-0.39, 0.29) is 11.9 Å². The number of unbranched alkanes of at least 4 members (excludes halogenated alkanes) is 5. The van der Waals surface area contributed by atoms with Gasteiger partial charge in [0.05, 0.1) is 6.61 Å². The minimum Gasteiger partial charge on any atom is -0.444 e. The molecular formula is C29H49N3O5. The molecule has 0 heterocycles. The van der Waals surface area contributed by atoms with Crippen LogP contribution in [0.4, 0.5) is 4.79 Å². The fourth-order valence-electron chi connectivity index (χ4n) is 4.27. The van der Waals surface area contributed by atoms with Gasteiger partial charge in [-0.2, -0.15) is 0 Å². The number of hydrogen-bond donors (Lipinski definition) is 3. The number of aliphatic hydroxyl groups is 1. The largest absolute Gasteiger partial charge is 0.444 e. The second kappa shape index (κ2) is 15.6. The van der Waals surface area contributed by atoms with E-state index in [4.69, 9.17) is 4.74 Å². The second-order valence-electron chi connectivity index (χ2n) is 11.2. The smallest absolute Gasteiger partial charge is 0.408 e. The summed E-state index contributed by atoms with van der Waals surface area (Å²) < 4.78 is 5.30. The van der Waals surface area contributed by atoms with E-state index in [0.29, 0.717) is 18.5 Å². The van der Waals surface area contributed by atoms with Gasteiger partial charge in [-0.1, -0.05) is 68.4 Å². The molecule has 0 fully saturated rings. The third kappa shape index (κ3) is 12.0. The van der Waals surface area contributed by atoms with E-state index in [2.05, 4.69) is 17.6 Å². The molecule has 1 aromatic carbocycles. The molecule has 0 bridgehead atoms.